The van der Waals surface area contributed by atoms with Crippen molar-refractivity contribution < 1.29 is 4.79 Å². The Morgan fingerprint density at radius 2 is 2.07 bits per heavy atom. The second kappa shape index (κ2) is 6.19. The smallest absolute Gasteiger partial charge is 0.282 e. The third-order valence-electron chi connectivity index (χ3n) is 1.75. The van der Waals surface area contributed by atoms with Crippen molar-refractivity contribution >= 4 is 28.8 Å². The summed E-state index contributed by atoms with van der Waals surface area (Å²) in [6.45, 7) is 8.48. The summed E-state index contributed by atoms with van der Waals surface area (Å²) in [6.07, 6.45) is 3.49. The van der Waals surface area contributed by atoms with Gasteiger partial charge >= 0.3 is 0 Å². The maximum Gasteiger partial charge on any atom is 0.282 e. The van der Waals surface area contributed by atoms with Crippen molar-refractivity contribution in [3.8, 4) is 0 Å². The van der Waals surface area contributed by atoms with Crippen molar-refractivity contribution in [2.24, 2.45) is 0 Å². The minimum absolute atomic E-state index is 0.136. The van der Waals surface area contributed by atoms with Gasteiger partial charge < -0.3 is 4.90 Å². The van der Waals surface area contributed by atoms with Crippen LogP contribution in [0.15, 0.2) is 25.3 Å². The topological polar surface area (TPSA) is 20.3 Å². The first-order valence-corrected chi connectivity index (χ1v) is 6.56. The fourth-order valence-electron chi connectivity index (χ4n) is 0.955. The molecule has 2 nitrogen and oxygen atoms in total. The molecule has 14 heavy (non-hydrogen) atoms. The summed E-state index contributed by atoms with van der Waals surface area (Å²) >= 11 is 3.32. The molecule has 1 aliphatic rings. The lowest BCUT2D eigenvalue weighted by Crippen LogP contribution is -2.28. The normalized spacial score (nSPS) is 18.7. The molecule has 0 bridgehead atoms. The third kappa shape index (κ3) is 4.24. The molecule has 0 aromatic rings. The lowest BCUT2D eigenvalue weighted by atomic mass is 10.5. The Morgan fingerprint density at radius 1 is 1.50 bits per heavy atom. The minimum Gasteiger partial charge on any atom is -0.326 e. The molecule has 1 fully saturated rings. The van der Waals surface area contributed by atoms with Gasteiger partial charge in [0, 0.05) is 29.8 Å². The Bertz CT molecular complexity index is 216. The first-order chi connectivity index (χ1) is 6.77. The van der Waals surface area contributed by atoms with E-state index in [1.807, 2.05) is 11.8 Å². The summed E-state index contributed by atoms with van der Waals surface area (Å²) < 4.78 is 0. The molecule has 0 saturated carbocycles. The van der Waals surface area contributed by atoms with Gasteiger partial charge in [-0.3, -0.25) is 4.79 Å². The first-order valence-electron chi connectivity index (χ1n) is 4.53. The number of amides is 1. The maximum absolute atomic E-state index is 11.6. The fraction of sp³-hybridized carbons (Fsp3) is 0.500. The highest BCUT2D eigenvalue weighted by atomic mass is 32.2. The van der Waals surface area contributed by atoms with E-state index in [0.717, 1.165) is 5.75 Å². The van der Waals surface area contributed by atoms with Gasteiger partial charge in [-0.15, -0.1) is 13.2 Å². The van der Waals surface area contributed by atoms with E-state index < -0.39 is 0 Å². The van der Waals surface area contributed by atoms with E-state index in [1.54, 1.807) is 17.1 Å². The average molecular weight is 229 g/mol. The van der Waals surface area contributed by atoms with Crippen LogP contribution in [0.4, 0.5) is 4.79 Å². The Kier molecular flexibility index (Phi) is 5.19. The van der Waals surface area contributed by atoms with E-state index in [4.69, 9.17) is 0 Å². The van der Waals surface area contributed by atoms with Crippen LogP contribution in [0.1, 0.15) is 0 Å². The molecule has 1 saturated heterocycles. The van der Waals surface area contributed by atoms with Gasteiger partial charge in [-0.2, -0.15) is 11.8 Å². The van der Waals surface area contributed by atoms with Crippen molar-refractivity contribution in [3.63, 3.8) is 0 Å². The highest BCUT2D eigenvalue weighted by Gasteiger charge is 2.24. The molecule has 4 heteroatoms. The predicted molar refractivity (Wildman–Crippen MR) is 66.1 cm³/mol. The lowest BCUT2D eigenvalue weighted by molar-refractivity contribution is 0.233. The number of hydrogen-bond donors (Lipinski definition) is 0. The molecule has 1 heterocycles. The van der Waals surface area contributed by atoms with Crippen LogP contribution in [-0.4, -0.2) is 40.0 Å². The van der Waals surface area contributed by atoms with Crippen LogP contribution in [0.3, 0.4) is 0 Å². The molecule has 1 aliphatic heterocycles. The summed E-state index contributed by atoms with van der Waals surface area (Å²) in [5, 5.41) is 0.843. The third-order valence-corrected chi connectivity index (χ3v) is 4.01. The number of thioether (sulfide) groups is 2. The maximum atomic E-state index is 11.6. The molecule has 78 valence electrons. The largest absolute Gasteiger partial charge is 0.326 e. The number of hydrogen-bond acceptors (Lipinski definition) is 3. The fourth-order valence-corrected chi connectivity index (χ4v) is 2.73. The van der Waals surface area contributed by atoms with E-state index >= 15 is 0 Å². The second-order valence-corrected chi connectivity index (χ2v) is 5.32. The zero-order valence-electron chi connectivity index (χ0n) is 8.15. The zero-order valence-corrected chi connectivity index (χ0v) is 9.78. The Balaban J connectivity index is 2.27. The van der Waals surface area contributed by atoms with Crippen molar-refractivity contribution in [1.82, 2.24) is 4.90 Å². The minimum atomic E-state index is 0.136. The molecule has 1 amide bonds. The van der Waals surface area contributed by atoms with E-state index in [2.05, 4.69) is 13.2 Å². The van der Waals surface area contributed by atoms with Crippen LogP contribution in [0.2, 0.25) is 0 Å². The summed E-state index contributed by atoms with van der Waals surface area (Å²) in [5.41, 5.74) is 0. The van der Waals surface area contributed by atoms with Gasteiger partial charge in [-0.1, -0.05) is 23.9 Å². The van der Waals surface area contributed by atoms with Gasteiger partial charge in [0.25, 0.3) is 5.24 Å². The Labute approximate surface area is 93.8 Å². The molecule has 1 atom stereocenters. The second-order valence-electron chi connectivity index (χ2n) is 3.01. The molecule has 1 rings (SSSR count). The van der Waals surface area contributed by atoms with Gasteiger partial charge in [-0.05, 0) is 0 Å². The zero-order chi connectivity index (χ0) is 10.4. The number of rotatable bonds is 6. The highest BCUT2D eigenvalue weighted by molar-refractivity contribution is 8.15. The Morgan fingerprint density at radius 3 is 2.50 bits per heavy atom. The molecular weight excluding hydrogens is 214 g/mol. The van der Waals surface area contributed by atoms with Crippen molar-refractivity contribution in [1.29, 1.82) is 0 Å². The monoisotopic (exact) mass is 229 g/mol. The summed E-state index contributed by atoms with van der Waals surface area (Å²) in [7, 11) is 0. The van der Waals surface area contributed by atoms with Gasteiger partial charge in [-0.25, -0.2) is 0 Å². The number of nitrogens with zero attached hydrogens (tertiary/aromatic N) is 1. The summed E-state index contributed by atoms with van der Waals surface area (Å²) in [6, 6.07) is 0. The van der Waals surface area contributed by atoms with Gasteiger partial charge in [0.15, 0.2) is 0 Å². The summed E-state index contributed by atoms with van der Waals surface area (Å²) in [5.74, 6) is 2.15. The molecule has 0 radical (unpaired) electrons. The SMILES string of the molecule is C=CCN(CC=C)C(=O)SCC1CS1. The van der Waals surface area contributed by atoms with E-state index in [0.29, 0.717) is 18.3 Å². The molecule has 0 aliphatic carbocycles. The van der Waals surface area contributed by atoms with Gasteiger partial charge in [0.2, 0.25) is 0 Å². The van der Waals surface area contributed by atoms with E-state index in [9.17, 15) is 4.79 Å². The van der Waals surface area contributed by atoms with Crippen LogP contribution in [0.25, 0.3) is 0 Å². The predicted octanol–water partition coefficient (Wildman–Crippen LogP) is 2.63. The van der Waals surface area contributed by atoms with E-state index in [1.165, 1.54) is 17.5 Å². The van der Waals surface area contributed by atoms with Gasteiger partial charge in [0.1, 0.15) is 0 Å². The average Bonchev–Trinajstić information content (AvgIpc) is 2.97. The molecule has 0 aromatic carbocycles. The first kappa shape index (κ1) is 11.7. The van der Waals surface area contributed by atoms with Crippen LogP contribution in [0.5, 0.6) is 0 Å². The molecule has 0 spiro atoms. The van der Waals surface area contributed by atoms with Crippen LogP contribution in [0, 0.1) is 0 Å². The lowest BCUT2D eigenvalue weighted by Gasteiger charge is -2.18. The van der Waals surface area contributed by atoms with Crippen LogP contribution >= 0.6 is 23.5 Å². The van der Waals surface area contributed by atoms with Crippen molar-refractivity contribution in [2.75, 3.05) is 24.6 Å². The molecule has 0 aromatic heterocycles. The number of carbonyl (C=O) groups excluding carboxylic acids is 1. The van der Waals surface area contributed by atoms with Crippen LogP contribution in [-0.2, 0) is 0 Å². The van der Waals surface area contributed by atoms with E-state index in [-0.39, 0.29) is 5.24 Å². The van der Waals surface area contributed by atoms with Crippen LogP contribution < -0.4 is 0 Å². The molecule has 1 unspecified atom stereocenters. The summed E-state index contributed by atoms with van der Waals surface area (Å²) in [4.78, 5) is 13.4. The quantitative estimate of drug-likeness (QED) is 0.516. The molecular formula is C10H15NOS2. The van der Waals surface area contributed by atoms with Crippen molar-refractivity contribution in [3.05, 3.63) is 25.3 Å². The van der Waals surface area contributed by atoms with Gasteiger partial charge in [0.05, 0.1) is 0 Å². The number of carbonyl (C=O) groups is 1. The highest BCUT2D eigenvalue weighted by Crippen LogP contribution is 2.33. The Hall–Kier alpha value is -0.350. The van der Waals surface area contributed by atoms with Crippen molar-refractivity contribution in [2.45, 2.75) is 5.25 Å². The molecule has 0 N–H and O–H groups in total. The standard InChI is InChI=1S/C10H15NOS2/c1-3-5-11(6-4-2)10(12)14-8-9-7-13-9/h3-4,9H,1-2,5-8H2.